The predicted octanol–water partition coefficient (Wildman–Crippen LogP) is 3.24. The minimum Gasteiger partial charge on any atom is -0.200 e. The van der Waals surface area contributed by atoms with Gasteiger partial charge in [-0.2, -0.15) is 8.96 Å². The third-order valence-corrected chi connectivity index (χ3v) is 3.20. The highest BCUT2D eigenvalue weighted by Crippen LogP contribution is 2.23. The lowest BCUT2D eigenvalue weighted by Gasteiger charge is -2.07. The molecule has 88 valence electrons. The molecule has 0 aliphatic carbocycles. The van der Waals surface area contributed by atoms with Gasteiger partial charge in [0.25, 0.3) is 0 Å². The van der Waals surface area contributed by atoms with Crippen molar-refractivity contribution >= 4 is 0 Å². The summed E-state index contributed by atoms with van der Waals surface area (Å²) in [5, 5.41) is 0. The molecule has 1 nitrogen and oxygen atoms in total. The maximum Gasteiger partial charge on any atom is 0.248 e. The lowest BCUT2D eigenvalue weighted by molar-refractivity contribution is -0.668. The Kier molecular flexibility index (Phi) is 2.97. The molecule has 2 aromatic rings. The molecule has 0 saturated heterocycles. The van der Waals surface area contributed by atoms with E-state index in [-0.39, 0.29) is 5.82 Å². The Hall–Kier alpha value is -1.70. The topological polar surface area (TPSA) is 3.88 Å². The molecule has 0 spiro atoms. The maximum atomic E-state index is 14.0. The molecule has 0 N–H and O–H groups in total. The number of aromatic nitrogens is 1. The molecule has 1 aromatic heterocycles. The van der Waals surface area contributed by atoms with Gasteiger partial charge in [-0.15, -0.1) is 0 Å². The second kappa shape index (κ2) is 4.28. The van der Waals surface area contributed by atoms with Crippen LogP contribution < -0.4 is 4.57 Å². The number of pyridine rings is 1. The van der Waals surface area contributed by atoms with Crippen LogP contribution in [0, 0.1) is 26.6 Å². The average Bonchev–Trinajstić information content (AvgIpc) is 2.27. The molecule has 0 bridgehead atoms. The minimum atomic E-state index is -0.176. The Morgan fingerprint density at radius 3 is 2.35 bits per heavy atom. The molecule has 0 aliphatic rings. The number of benzene rings is 1. The molecule has 0 atom stereocenters. The van der Waals surface area contributed by atoms with Crippen LogP contribution in [0.15, 0.2) is 30.3 Å². The molecule has 1 aromatic carbocycles. The van der Waals surface area contributed by atoms with Gasteiger partial charge in [0, 0.05) is 13.0 Å². The molecule has 0 aliphatic heterocycles. The second-order valence-electron chi connectivity index (χ2n) is 4.55. The van der Waals surface area contributed by atoms with Gasteiger partial charge in [-0.25, -0.2) is 0 Å². The number of aryl methyl sites for hydroxylation is 3. The first kappa shape index (κ1) is 11.8. The van der Waals surface area contributed by atoms with Gasteiger partial charge >= 0.3 is 0 Å². The lowest BCUT2D eigenvalue weighted by atomic mass is 10.0. The fraction of sp³-hybridized carbons (Fsp3) is 0.267. The summed E-state index contributed by atoms with van der Waals surface area (Å²) in [5.74, 6) is -0.176. The van der Waals surface area contributed by atoms with E-state index in [0.29, 0.717) is 5.69 Å². The highest BCUT2D eigenvalue weighted by molar-refractivity contribution is 5.62. The smallest absolute Gasteiger partial charge is 0.200 e. The molecule has 0 unspecified atom stereocenters. The van der Waals surface area contributed by atoms with Crippen LogP contribution >= 0.6 is 0 Å². The second-order valence-corrected chi connectivity index (χ2v) is 4.55. The van der Waals surface area contributed by atoms with Crippen molar-refractivity contribution in [3.05, 3.63) is 53.0 Å². The van der Waals surface area contributed by atoms with Gasteiger partial charge in [0.2, 0.25) is 5.69 Å². The number of nitrogens with zero attached hydrogens (tertiary/aromatic N) is 1. The third kappa shape index (κ3) is 2.07. The SMILES string of the molecule is Cc1ccc(-c2c(F)ccc(C)[n+]2C)c(C)c1. The van der Waals surface area contributed by atoms with E-state index < -0.39 is 0 Å². The molecular formula is C15H17FN+. The van der Waals surface area contributed by atoms with E-state index in [1.54, 1.807) is 6.07 Å². The molecule has 1 heterocycles. The van der Waals surface area contributed by atoms with Crippen LogP contribution in [0.4, 0.5) is 4.39 Å². The summed E-state index contributed by atoms with van der Waals surface area (Å²) < 4.78 is 15.9. The Balaban J connectivity index is 2.72. The van der Waals surface area contributed by atoms with Crippen LogP contribution in [-0.4, -0.2) is 0 Å². The first-order valence-electron chi connectivity index (χ1n) is 5.73. The van der Waals surface area contributed by atoms with Gasteiger partial charge in [-0.3, -0.25) is 0 Å². The summed E-state index contributed by atoms with van der Waals surface area (Å²) in [5.41, 5.74) is 4.95. The normalized spacial score (nSPS) is 10.6. The van der Waals surface area contributed by atoms with E-state index >= 15 is 0 Å². The van der Waals surface area contributed by atoms with Crippen LogP contribution in [0.1, 0.15) is 16.8 Å². The van der Waals surface area contributed by atoms with Gasteiger partial charge in [0.05, 0.1) is 5.56 Å². The first-order valence-corrected chi connectivity index (χ1v) is 5.73. The van der Waals surface area contributed by atoms with Gasteiger partial charge in [0.15, 0.2) is 11.5 Å². The molecule has 0 amide bonds. The Morgan fingerprint density at radius 1 is 1.00 bits per heavy atom. The van der Waals surface area contributed by atoms with Crippen LogP contribution in [0.5, 0.6) is 0 Å². The molecule has 0 fully saturated rings. The first-order chi connectivity index (χ1) is 8.00. The zero-order valence-corrected chi connectivity index (χ0v) is 10.7. The summed E-state index contributed by atoms with van der Waals surface area (Å²) >= 11 is 0. The van der Waals surface area contributed by atoms with Crippen molar-refractivity contribution in [2.24, 2.45) is 7.05 Å². The van der Waals surface area contributed by atoms with Crippen LogP contribution in [0.3, 0.4) is 0 Å². The van der Waals surface area contributed by atoms with Gasteiger partial charge in [-0.1, -0.05) is 17.7 Å². The summed E-state index contributed by atoms with van der Waals surface area (Å²) in [6.45, 7) is 6.04. The zero-order chi connectivity index (χ0) is 12.6. The number of rotatable bonds is 1. The van der Waals surface area contributed by atoms with Crippen LogP contribution in [0.25, 0.3) is 11.3 Å². The predicted molar refractivity (Wildman–Crippen MR) is 67.2 cm³/mol. The third-order valence-electron chi connectivity index (χ3n) is 3.20. The fourth-order valence-electron chi connectivity index (χ4n) is 2.11. The molecule has 0 saturated carbocycles. The molecule has 2 rings (SSSR count). The quantitative estimate of drug-likeness (QED) is 0.662. The standard InChI is InChI=1S/C15H17FN/c1-10-5-7-13(11(2)9-10)15-14(16)8-6-12(3)17(15)4/h5-9H,1-4H3/q+1. The van der Waals surface area contributed by atoms with Crippen LogP contribution in [0.2, 0.25) is 0 Å². The summed E-state index contributed by atoms with van der Waals surface area (Å²) in [4.78, 5) is 0. The van der Waals surface area contributed by atoms with E-state index in [4.69, 9.17) is 0 Å². The lowest BCUT2D eigenvalue weighted by Crippen LogP contribution is -2.35. The van der Waals surface area contributed by atoms with Crippen molar-refractivity contribution in [3.63, 3.8) is 0 Å². The molecule has 17 heavy (non-hydrogen) atoms. The molecule has 0 radical (unpaired) electrons. The summed E-state index contributed by atoms with van der Waals surface area (Å²) in [6.07, 6.45) is 0. The Labute approximate surface area is 102 Å². The summed E-state index contributed by atoms with van der Waals surface area (Å²) in [6, 6.07) is 9.41. The largest absolute Gasteiger partial charge is 0.248 e. The van der Waals surface area contributed by atoms with Crippen molar-refractivity contribution in [1.29, 1.82) is 0 Å². The van der Waals surface area contributed by atoms with Crippen molar-refractivity contribution in [1.82, 2.24) is 0 Å². The Morgan fingerprint density at radius 2 is 1.71 bits per heavy atom. The maximum absolute atomic E-state index is 14.0. The number of halogens is 1. The molecule has 2 heteroatoms. The fourth-order valence-corrected chi connectivity index (χ4v) is 2.11. The summed E-state index contributed by atoms with van der Waals surface area (Å²) in [7, 11) is 1.90. The Bertz CT molecular complexity index is 573. The van der Waals surface area contributed by atoms with E-state index in [0.717, 1.165) is 16.8 Å². The monoisotopic (exact) mass is 230 g/mol. The van der Waals surface area contributed by atoms with E-state index in [1.807, 2.05) is 44.5 Å². The van der Waals surface area contributed by atoms with Crippen LogP contribution in [-0.2, 0) is 7.05 Å². The van der Waals surface area contributed by atoms with E-state index in [1.165, 1.54) is 11.6 Å². The number of hydrogen-bond acceptors (Lipinski definition) is 0. The van der Waals surface area contributed by atoms with Crippen molar-refractivity contribution in [2.75, 3.05) is 0 Å². The van der Waals surface area contributed by atoms with Gasteiger partial charge < -0.3 is 0 Å². The average molecular weight is 230 g/mol. The van der Waals surface area contributed by atoms with Gasteiger partial charge in [-0.05, 0) is 31.5 Å². The van der Waals surface area contributed by atoms with Gasteiger partial charge in [0.1, 0.15) is 7.05 Å². The minimum absolute atomic E-state index is 0.176. The van der Waals surface area contributed by atoms with E-state index in [2.05, 4.69) is 6.07 Å². The highest BCUT2D eigenvalue weighted by atomic mass is 19.1. The van der Waals surface area contributed by atoms with E-state index in [9.17, 15) is 4.39 Å². The van der Waals surface area contributed by atoms with Crippen molar-refractivity contribution < 1.29 is 8.96 Å². The number of hydrogen-bond donors (Lipinski definition) is 0. The van der Waals surface area contributed by atoms with Crippen molar-refractivity contribution in [3.8, 4) is 11.3 Å². The zero-order valence-electron chi connectivity index (χ0n) is 10.7. The molecular weight excluding hydrogens is 213 g/mol. The van der Waals surface area contributed by atoms with Crippen molar-refractivity contribution in [2.45, 2.75) is 20.8 Å². The highest BCUT2D eigenvalue weighted by Gasteiger charge is 2.19.